The number of benzene rings is 3. The fourth-order valence-corrected chi connectivity index (χ4v) is 5.73. The molecule has 14 nitrogen and oxygen atoms in total. The standard InChI is InChI=1S/C30H25N3O11/c31-21-13-14-33(28(41)32-21)27-30(43,20-12-6-4-10-18(20)26(39)40)29(42,19-11-5-3-9-17(19)25(37)38)23(44-27)22(34)15-7-1-2-8-16(15)24(35)36/h1-14,22-23,27,34,42-43H,(H,35,36)(H,37,38)(H,39,40)(H2,31,32,41)/t22?,23-,27-,29-,30+/m1/s1. The lowest BCUT2D eigenvalue weighted by atomic mass is 9.67. The van der Waals surface area contributed by atoms with Crippen LogP contribution in [0.25, 0.3) is 0 Å². The average molecular weight is 604 g/mol. The zero-order valence-electron chi connectivity index (χ0n) is 22.5. The Morgan fingerprint density at radius 2 is 1.25 bits per heavy atom. The highest BCUT2D eigenvalue weighted by atomic mass is 16.6. The van der Waals surface area contributed by atoms with Crippen molar-refractivity contribution in [3.05, 3.63) is 129 Å². The molecule has 1 aromatic heterocycles. The predicted octanol–water partition coefficient (Wildman–Crippen LogP) is 1.33. The molecule has 1 saturated heterocycles. The van der Waals surface area contributed by atoms with Crippen molar-refractivity contribution in [3.63, 3.8) is 0 Å². The van der Waals surface area contributed by atoms with E-state index in [2.05, 4.69) is 4.98 Å². The Balaban J connectivity index is 1.93. The van der Waals surface area contributed by atoms with Crippen LogP contribution in [0.3, 0.4) is 0 Å². The minimum atomic E-state index is -3.09. The largest absolute Gasteiger partial charge is 0.478 e. The summed E-state index contributed by atoms with van der Waals surface area (Å²) in [5, 5.41) is 67.5. The van der Waals surface area contributed by atoms with Gasteiger partial charge in [0.2, 0.25) is 0 Å². The number of hydrogen-bond donors (Lipinski definition) is 7. The third-order valence-corrected chi connectivity index (χ3v) is 7.66. The van der Waals surface area contributed by atoms with Gasteiger partial charge in [0, 0.05) is 17.3 Å². The maximum absolute atomic E-state index is 13.1. The summed E-state index contributed by atoms with van der Waals surface area (Å²) in [5.41, 5.74) is -4.54. The number of carboxylic acid groups (broad SMARTS) is 3. The molecule has 4 aromatic rings. The zero-order chi connectivity index (χ0) is 32.0. The highest BCUT2D eigenvalue weighted by Gasteiger charge is 2.71. The summed E-state index contributed by atoms with van der Waals surface area (Å²) in [6.45, 7) is 0. The molecule has 5 rings (SSSR count). The van der Waals surface area contributed by atoms with Gasteiger partial charge in [-0.3, -0.25) is 4.57 Å². The summed E-state index contributed by atoms with van der Waals surface area (Å²) in [5.74, 6) is -4.83. The Labute approximate surface area is 247 Å². The smallest absolute Gasteiger partial charge is 0.351 e. The van der Waals surface area contributed by atoms with Crippen LogP contribution in [0, 0.1) is 0 Å². The molecular weight excluding hydrogens is 578 g/mol. The number of rotatable bonds is 8. The molecule has 8 N–H and O–H groups in total. The van der Waals surface area contributed by atoms with Crippen molar-refractivity contribution in [3.8, 4) is 0 Å². The number of hydrogen-bond acceptors (Lipinski definition) is 10. The molecule has 1 unspecified atom stereocenters. The van der Waals surface area contributed by atoms with Crippen molar-refractivity contribution >= 4 is 23.7 Å². The number of carboxylic acids is 3. The van der Waals surface area contributed by atoms with Crippen LogP contribution in [0.5, 0.6) is 0 Å². The average Bonchev–Trinajstić information content (AvgIpc) is 3.24. The van der Waals surface area contributed by atoms with Crippen LogP contribution >= 0.6 is 0 Å². The van der Waals surface area contributed by atoms with E-state index in [9.17, 15) is 49.8 Å². The number of ether oxygens (including phenoxy) is 1. The van der Waals surface area contributed by atoms with Crippen LogP contribution in [0.4, 0.5) is 5.82 Å². The summed E-state index contributed by atoms with van der Waals surface area (Å²) in [7, 11) is 0. The zero-order valence-corrected chi connectivity index (χ0v) is 22.5. The molecular formula is C30H25N3O11. The lowest BCUT2D eigenvalue weighted by Crippen LogP contribution is -2.56. The molecule has 0 spiro atoms. The van der Waals surface area contributed by atoms with Crippen molar-refractivity contribution in [2.45, 2.75) is 29.6 Å². The van der Waals surface area contributed by atoms with Gasteiger partial charge in [-0.15, -0.1) is 0 Å². The summed E-state index contributed by atoms with van der Waals surface area (Å²) in [6, 6.07) is 16.1. The van der Waals surface area contributed by atoms with Gasteiger partial charge in [-0.05, 0) is 29.8 Å². The second-order valence-electron chi connectivity index (χ2n) is 10.0. The number of nitrogens with two attached hydrogens (primary N) is 1. The number of aromatic nitrogens is 2. The van der Waals surface area contributed by atoms with Crippen molar-refractivity contribution in [1.29, 1.82) is 0 Å². The number of nitrogen functional groups attached to an aromatic ring is 1. The molecule has 14 heteroatoms. The molecule has 0 bridgehead atoms. The van der Waals surface area contributed by atoms with E-state index in [1.165, 1.54) is 42.5 Å². The molecule has 0 radical (unpaired) electrons. The van der Waals surface area contributed by atoms with Gasteiger partial charge >= 0.3 is 23.6 Å². The molecule has 0 amide bonds. The number of aliphatic hydroxyl groups is 3. The van der Waals surface area contributed by atoms with Crippen LogP contribution in [-0.4, -0.2) is 64.2 Å². The summed E-state index contributed by atoms with van der Waals surface area (Å²) in [6.07, 6.45) is -5.29. The molecule has 1 fully saturated rings. The monoisotopic (exact) mass is 603 g/mol. The number of anilines is 1. The molecule has 0 saturated carbocycles. The van der Waals surface area contributed by atoms with E-state index in [1.54, 1.807) is 0 Å². The first-order chi connectivity index (χ1) is 20.8. The van der Waals surface area contributed by atoms with E-state index in [0.29, 0.717) is 4.57 Å². The first kappa shape index (κ1) is 30.1. The van der Waals surface area contributed by atoms with Crippen LogP contribution in [0.15, 0.2) is 89.9 Å². The number of aliphatic hydroxyl groups excluding tert-OH is 1. The van der Waals surface area contributed by atoms with Gasteiger partial charge in [0.1, 0.15) is 18.0 Å². The molecule has 1 aliphatic rings. The first-order valence-corrected chi connectivity index (χ1v) is 12.9. The Morgan fingerprint density at radius 3 is 1.77 bits per heavy atom. The van der Waals surface area contributed by atoms with Crippen molar-refractivity contribution in [1.82, 2.24) is 9.55 Å². The highest BCUT2D eigenvalue weighted by Crippen LogP contribution is 2.60. The summed E-state index contributed by atoms with van der Waals surface area (Å²) in [4.78, 5) is 53.7. The fraction of sp³-hybridized carbons (Fsp3) is 0.167. The number of nitrogens with zero attached hydrogens (tertiary/aromatic N) is 2. The van der Waals surface area contributed by atoms with Gasteiger partial charge in [0.15, 0.2) is 17.4 Å². The van der Waals surface area contributed by atoms with E-state index in [-0.39, 0.29) is 11.4 Å². The van der Waals surface area contributed by atoms with Crippen molar-refractivity contribution in [2.24, 2.45) is 0 Å². The van der Waals surface area contributed by atoms with E-state index >= 15 is 0 Å². The normalized spacial score (nSPS) is 23.6. The number of carbonyl (C=O) groups is 3. The Bertz CT molecular complexity index is 1860. The Morgan fingerprint density at radius 1 is 0.773 bits per heavy atom. The maximum atomic E-state index is 13.1. The van der Waals surface area contributed by atoms with Crippen LogP contribution in [0.2, 0.25) is 0 Å². The number of aromatic carboxylic acids is 3. The summed E-state index contributed by atoms with van der Waals surface area (Å²) < 4.78 is 6.78. The van der Waals surface area contributed by atoms with Crippen LogP contribution < -0.4 is 11.4 Å². The second kappa shape index (κ2) is 11.0. The van der Waals surface area contributed by atoms with Gasteiger partial charge in [-0.25, -0.2) is 19.2 Å². The lowest BCUT2D eigenvalue weighted by molar-refractivity contribution is -0.176. The third-order valence-electron chi connectivity index (χ3n) is 7.66. The second-order valence-corrected chi connectivity index (χ2v) is 10.0. The molecule has 2 heterocycles. The van der Waals surface area contributed by atoms with Crippen molar-refractivity contribution < 1.29 is 49.8 Å². The first-order valence-electron chi connectivity index (χ1n) is 12.9. The molecule has 3 aromatic carbocycles. The summed E-state index contributed by atoms with van der Waals surface area (Å²) >= 11 is 0. The van der Waals surface area contributed by atoms with Crippen molar-refractivity contribution in [2.75, 3.05) is 5.73 Å². The minimum absolute atomic E-state index is 0.225. The Kier molecular flexibility index (Phi) is 7.53. The molecule has 226 valence electrons. The van der Waals surface area contributed by atoms with Gasteiger partial charge in [0.05, 0.1) is 16.7 Å². The molecule has 5 atom stereocenters. The van der Waals surface area contributed by atoms with Crippen LogP contribution in [0.1, 0.15) is 60.1 Å². The van der Waals surface area contributed by atoms with E-state index in [0.717, 1.165) is 42.6 Å². The van der Waals surface area contributed by atoms with E-state index in [1.807, 2.05) is 0 Å². The third kappa shape index (κ3) is 4.49. The topological polar surface area (TPSA) is 243 Å². The highest BCUT2D eigenvalue weighted by molar-refractivity contribution is 5.92. The quantitative estimate of drug-likeness (QED) is 0.150. The fourth-order valence-electron chi connectivity index (χ4n) is 5.73. The maximum Gasteiger partial charge on any atom is 0.351 e. The van der Waals surface area contributed by atoms with Gasteiger partial charge in [-0.1, -0.05) is 54.6 Å². The van der Waals surface area contributed by atoms with Crippen LogP contribution in [-0.2, 0) is 15.9 Å². The predicted molar refractivity (Wildman–Crippen MR) is 150 cm³/mol. The molecule has 0 aliphatic carbocycles. The van der Waals surface area contributed by atoms with Gasteiger partial charge in [-0.2, -0.15) is 4.98 Å². The molecule has 1 aliphatic heterocycles. The Hall–Kier alpha value is -5.41. The van der Waals surface area contributed by atoms with Gasteiger partial charge in [0.25, 0.3) is 0 Å². The van der Waals surface area contributed by atoms with E-state index < -0.39 is 81.1 Å². The lowest BCUT2D eigenvalue weighted by Gasteiger charge is -2.43. The SMILES string of the molecule is Nc1ccn([C@@H]2O[C@H](C(O)c3ccccc3C(=O)O)[C@](O)(c3ccccc3C(=O)O)[C@]2(O)c2ccccc2C(=O)O)c(=O)n1. The van der Waals surface area contributed by atoms with E-state index in [4.69, 9.17) is 10.5 Å². The van der Waals surface area contributed by atoms with Gasteiger partial charge < -0.3 is 41.1 Å². The minimum Gasteiger partial charge on any atom is -0.478 e. The molecule has 44 heavy (non-hydrogen) atoms.